The number of anilines is 1. The fourth-order valence-corrected chi connectivity index (χ4v) is 6.66. The van der Waals surface area contributed by atoms with E-state index in [-0.39, 0.29) is 16.9 Å². The van der Waals surface area contributed by atoms with Gasteiger partial charge in [-0.25, -0.2) is 4.39 Å². The molecule has 8 heteroatoms. The zero-order chi connectivity index (χ0) is 31.8. The summed E-state index contributed by atoms with van der Waals surface area (Å²) in [7, 11) is 2.06. The molecule has 2 aliphatic heterocycles. The van der Waals surface area contributed by atoms with Crippen LogP contribution in [0.25, 0.3) is 10.9 Å². The minimum atomic E-state index is -1.09. The molecular weight excluding hydrogens is 579 g/mol. The van der Waals surface area contributed by atoms with Crippen LogP contribution in [0.5, 0.6) is 5.75 Å². The number of nitrogens with zero attached hydrogens (tertiary/aromatic N) is 4. The molecule has 0 unspecified atom stereocenters. The summed E-state index contributed by atoms with van der Waals surface area (Å²) in [6.07, 6.45) is 1.82. The lowest BCUT2D eigenvalue weighted by Gasteiger charge is -2.37. The van der Waals surface area contributed by atoms with Crippen LogP contribution in [0.15, 0.2) is 113 Å². The summed E-state index contributed by atoms with van der Waals surface area (Å²) in [6.45, 7) is 7.17. The summed E-state index contributed by atoms with van der Waals surface area (Å²) in [6, 6.07) is 31.1. The second-order valence-corrected chi connectivity index (χ2v) is 12.2. The highest BCUT2D eigenvalue weighted by atomic mass is 19.1. The molecule has 0 radical (unpaired) electrons. The van der Waals surface area contributed by atoms with Crippen molar-refractivity contribution in [3.63, 3.8) is 0 Å². The van der Waals surface area contributed by atoms with Gasteiger partial charge in [-0.15, -0.1) is 0 Å². The van der Waals surface area contributed by atoms with E-state index in [2.05, 4.69) is 11.9 Å². The predicted octanol–water partition coefficient (Wildman–Crippen LogP) is 6.58. The molecule has 0 N–H and O–H groups in total. The normalized spacial score (nSPS) is 17.2. The molecule has 0 saturated carbocycles. The van der Waals surface area contributed by atoms with Crippen LogP contribution in [0.4, 0.5) is 10.1 Å². The Hall–Kier alpha value is -4.95. The molecule has 5 aromatic rings. The van der Waals surface area contributed by atoms with Gasteiger partial charge >= 0.3 is 0 Å². The van der Waals surface area contributed by atoms with Crippen molar-refractivity contribution in [1.29, 1.82) is 0 Å². The van der Waals surface area contributed by atoms with Gasteiger partial charge in [0.15, 0.2) is 17.0 Å². The van der Waals surface area contributed by atoms with Gasteiger partial charge in [0.2, 0.25) is 5.60 Å². The molecule has 0 amide bonds. The van der Waals surface area contributed by atoms with Crippen LogP contribution in [0.2, 0.25) is 0 Å². The van der Waals surface area contributed by atoms with Crippen LogP contribution in [-0.2, 0) is 10.4 Å². The van der Waals surface area contributed by atoms with Crippen LogP contribution in [0, 0.1) is 5.82 Å². The largest absolute Gasteiger partial charge is 0.487 e. The summed E-state index contributed by atoms with van der Waals surface area (Å²) in [5.74, 6) is -0.0205. The highest BCUT2D eigenvalue weighted by Crippen LogP contribution is 2.43. The number of hydrogen-bond acceptors (Lipinski definition) is 6. The Labute approximate surface area is 268 Å². The molecule has 3 heterocycles. The highest BCUT2D eigenvalue weighted by molar-refractivity contribution is 6.02. The summed E-state index contributed by atoms with van der Waals surface area (Å²) in [4.78, 5) is 25.1. The fraction of sp³-hybridized carbons (Fsp3) is 0.263. The molecule has 1 atom stereocenters. The van der Waals surface area contributed by atoms with Gasteiger partial charge in [0.1, 0.15) is 12.3 Å². The molecular formula is C38H37FN4O3. The second-order valence-electron chi connectivity index (χ2n) is 12.2. The average Bonchev–Trinajstić information content (AvgIpc) is 3.09. The van der Waals surface area contributed by atoms with Crippen LogP contribution >= 0.6 is 0 Å². The van der Waals surface area contributed by atoms with E-state index < -0.39 is 11.4 Å². The van der Waals surface area contributed by atoms with Gasteiger partial charge in [0, 0.05) is 49.1 Å². The molecule has 7 nitrogen and oxygen atoms in total. The second kappa shape index (κ2) is 12.1. The minimum absolute atomic E-state index is 0.0779. The van der Waals surface area contributed by atoms with E-state index in [0.717, 1.165) is 29.8 Å². The van der Waals surface area contributed by atoms with Crippen LogP contribution < -0.4 is 15.1 Å². The Morgan fingerprint density at radius 3 is 1.98 bits per heavy atom. The standard InChI is InChI=1S/C38H37FN4O3/c1-26-25-45-37-34-31(23-33(39)35(37)42-21-19-41(3)20-22-42)36(44)32(24-43(26)34)27(2)40-46-38(28-13-7-4-8-14-28,29-15-9-5-10-16-29)30-17-11-6-12-18-30/h4-18,23-24,26H,19-22,25H2,1-3H3/b40-27-/t26-/m0/s1. The van der Waals surface area contributed by atoms with E-state index in [1.54, 1.807) is 6.92 Å². The van der Waals surface area contributed by atoms with Crippen molar-refractivity contribution < 1.29 is 14.0 Å². The first-order valence-electron chi connectivity index (χ1n) is 15.8. The van der Waals surface area contributed by atoms with Gasteiger partial charge in [-0.2, -0.15) is 0 Å². The van der Waals surface area contributed by atoms with Gasteiger partial charge in [0.05, 0.1) is 28.2 Å². The maximum atomic E-state index is 15.9. The van der Waals surface area contributed by atoms with Crippen molar-refractivity contribution in [2.45, 2.75) is 25.5 Å². The van der Waals surface area contributed by atoms with E-state index >= 15 is 4.39 Å². The third kappa shape index (κ3) is 5.03. The van der Waals surface area contributed by atoms with Crippen LogP contribution in [0.1, 0.15) is 42.1 Å². The number of pyridine rings is 1. The minimum Gasteiger partial charge on any atom is -0.487 e. The third-order valence-electron chi connectivity index (χ3n) is 9.21. The lowest BCUT2D eigenvalue weighted by Crippen LogP contribution is -2.45. The number of likely N-dealkylation sites (N-methyl/N-ethyl adjacent to an activating group) is 1. The number of halogens is 1. The van der Waals surface area contributed by atoms with Crippen molar-refractivity contribution in [3.05, 3.63) is 142 Å². The Bertz CT molecular complexity index is 1860. The maximum absolute atomic E-state index is 15.9. The van der Waals surface area contributed by atoms with E-state index in [1.165, 1.54) is 6.07 Å². The van der Waals surface area contributed by atoms with E-state index in [9.17, 15) is 4.79 Å². The van der Waals surface area contributed by atoms with Gasteiger partial charge < -0.3 is 23.9 Å². The molecule has 234 valence electrons. The molecule has 46 heavy (non-hydrogen) atoms. The quantitative estimate of drug-likeness (QED) is 0.118. The molecule has 2 aliphatic rings. The van der Waals surface area contributed by atoms with Gasteiger partial charge in [-0.1, -0.05) is 96.2 Å². The number of hydrogen-bond donors (Lipinski definition) is 0. The third-order valence-corrected chi connectivity index (χ3v) is 9.21. The Morgan fingerprint density at radius 1 is 0.891 bits per heavy atom. The summed E-state index contributed by atoms with van der Waals surface area (Å²) in [5, 5.41) is 4.96. The number of rotatable bonds is 7. The SMILES string of the molecule is C/C(=N/OC(c1ccccc1)(c1ccccc1)c1ccccc1)c1cn2c3c(c(N4CCN(C)CC4)c(F)cc3c1=O)OC[C@@H]2C. The van der Waals surface area contributed by atoms with E-state index in [4.69, 9.17) is 14.7 Å². The Morgan fingerprint density at radius 2 is 1.43 bits per heavy atom. The summed E-state index contributed by atoms with van der Waals surface area (Å²) >= 11 is 0. The first-order valence-corrected chi connectivity index (χ1v) is 15.8. The molecule has 0 spiro atoms. The number of ether oxygens (including phenoxy) is 1. The van der Waals surface area contributed by atoms with Crippen molar-refractivity contribution in [2.75, 3.05) is 44.7 Å². The number of aromatic nitrogens is 1. The maximum Gasteiger partial charge on any atom is 0.212 e. The molecule has 7 rings (SSSR count). The molecule has 4 aromatic carbocycles. The highest BCUT2D eigenvalue weighted by Gasteiger charge is 2.40. The number of benzene rings is 4. The van der Waals surface area contributed by atoms with E-state index in [0.29, 0.717) is 47.9 Å². The monoisotopic (exact) mass is 616 g/mol. The van der Waals surface area contributed by atoms with Gasteiger partial charge in [-0.05, 0) is 27.0 Å². The first-order chi connectivity index (χ1) is 22.4. The Balaban J connectivity index is 1.38. The van der Waals surface area contributed by atoms with Gasteiger partial charge in [0.25, 0.3) is 0 Å². The number of oxime groups is 1. The van der Waals surface area contributed by atoms with Gasteiger partial charge in [-0.3, -0.25) is 4.79 Å². The topological polar surface area (TPSA) is 59.3 Å². The van der Waals surface area contributed by atoms with Crippen molar-refractivity contribution in [1.82, 2.24) is 9.47 Å². The molecule has 0 aliphatic carbocycles. The van der Waals surface area contributed by atoms with Crippen molar-refractivity contribution >= 4 is 22.3 Å². The smallest absolute Gasteiger partial charge is 0.212 e. The zero-order valence-corrected chi connectivity index (χ0v) is 26.3. The van der Waals surface area contributed by atoms with E-state index in [1.807, 2.05) is 114 Å². The first kappa shape index (κ1) is 29.7. The summed E-state index contributed by atoms with van der Waals surface area (Å²) in [5.41, 5.74) is 3.06. The zero-order valence-electron chi connectivity index (χ0n) is 26.3. The molecule has 1 saturated heterocycles. The van der Waals surface area contributed by atoms with Crippen molar-refractivity contribution in [3.8, 4) is 5.75 Å². The van der Waals surface area contributed by atoms with Crippen LogP contribution in [-0.4, -0.2) is 55.0 Å². The fourth-order valence-electron chi connectivity index (χ4n) is 6.66. The van der Waals surface area contributed by atoms with Crippen LogP contribution in [0.3, 0.4) is 0 Å². The summed E-state index contributed by atoms with van der Waals surface area (Å²) < 4.78 is 24.2. The lowest BCUT2D eigenvalue weighted by molar-refractivity contribution is 0.0172. The number of piperazine rings is 1. The molecule has 1 aromatic heterocycles. The Kier molecular flexibility index (Phi) is 7.82. The molecule has 1 fully saturated rings. The lowest BCUT2D eigenvalue weighted by atomic mass is 9.80. The van der Waals surface area contributed by atoms with Crippen molar-refractivity contribution in [2.24, 2.45) is 5.16 Å². The molecule has 0 bridgehead atoms. The average molecular weight is 617 g/mol. The predicted molar refractivity (Wildman–Crippen MR) is 181 cm³/mol.